The first-order valence-electron chi connectivity index (χ1n) is 6.61. The van der Waals surface area contributed by atoms with Gasteiger partial charge in [0.1, 0.15) is 5.82 Å². The van der Waals surface area contributed by atoms with Crippen LogP contribution in [0.15, 0.2) is 28.7 Å². The lowest BCUT2D eigenvalue weighted by molar-refractivity contribution is 0.560. The molecule has 1 aliphatic rings. The Morgan fingerprint density at radius 3 is 2.79 bits per heavy atom. The van der Waals surface area contributed by atoms with E-state index in [0.717, 1.165) is 35.6 Å². The predicted molar refractivity (Wildman–Crippen MR) is 78.0 cm³/mol. The molecule has 1 aromatic carbocycles. The van der Waals surface area contributed by atoms with E-state index < -0.39 is 0 Å². The highest BCUT2D eigenvalue weighted by molar-refractivity contribution is 9.10. The van der Waals surface area contributed by atoms with Crippen molar-refractivity contribution in [1.29, 1.82) is 0 Å². The molecule has 1 fully saturated rings. The van der Waals surface area contributed by atoms with E-state index in [4.69, 9.17) is 0 Å². The summed E-state index contributed by atoms with van der Waals surface area (Å²) < 4.78 is 3.32. The van der Waals surface area contributed by atoms with Crippen LogP contribution in [0.2, 0.25) is 0 Å². The summed E-state index contributed by atoms with van der Waals surface area (Å²) in [5, 5.41) is 12.1. The van der Waals surface area contributed by atoms with Gasteiger partial charge in [0, 0.05) is 4.47 Å². The molecule has 0 radical (unpaired) electrons. The minimum atomic E-state index is 0.358. The number of rotatable bonds is 3. The number of nitrogens with one attached hydrogen (secondary N) is 1. The average Bonchev–Trinajstić information content (AvgIpc) is 3.03. The third-order valence-electron chi connectivity index (χ3n) is 3.59. The number of benzene rings is 1. The summed E-state index contributed by atoms with van der Waals surface area (Å²) in [4.78, 5) is 0. The first-order chi connectivity index (χ1) is 9.24. The average molecular weight is 321 g/mol. The topological polar surface area (TPSA) is 42.7 Å². The van der Waals surface area contributed by atoms with Gasteiger partial charge in [-0.15, -0.1) is 10.2 Å². The molecule has 0 amide bonds. The summed E-state index contributed by atoms with van der Waals surface area (Å²) >= 11 is 3.46. The molecule has 0 saturated carbocycles. The third-order valence-corrected chi connectivity index (χ3v) is 4.12. The molecule has 1 aliphatic heterocycles. The number of nitrogens with zero attached hydrogens (tertiary/aromatic N) is 3. The molecule has 0 bridgehead atoms. The van der Waals surface area contributed by atoms with Gasteiger partial charge in [0.15, 0.2) is 5.82 Å². The molecule has 1 aromatic heterocycles. The van der Waals surface area contributed by atoms with Crippen LogP contribution in [0.4, 0.5) is 0 Å². The lowest BCUT2D eigenvalue weighted by atomic mass is 10.2. The summed E-state index contributed by atoms with van der Waals surface area (Å²) in [6, 6.07) is 8.77. The number of aromatic nitrogens is 3. The molecule has 1 atom stereocenters. The molecule has 0 aliphatic carbocycles. The molecule has 19 heavy (non-hydrogen) atoms. The molecule has 2 aromatic rings. The van der Waals surface area contributed by atoms with E-state index >= 15 is 0 Å². The van der Waals surface area contributed by atoms with Crippen molar-refractivity contribution < 1.29 is 0 Å². The minimum Gasteiger partial charge on any atom is -0.309 e. The first-order valence-corrected chi connectivity index (χ1v) is 7.41. The smallest absolute Gasteiger partial charge is 0.150 e. The van der Waals surface area contributed by atoms with Gasteiger partial charge >= 0.3 is 0 Å². The molecular weight excluding hydrogens is 304 g/mol. The highest BCUT2D eigenvalue weighted by Crippen LogP contribution is 2.23. The molecular formula is C14H17BrN4. The van der Waals surface area contributed by atoms with E-state index in [2.05, 4.69) is 60.3 Å². The van der Waals surface area contributed by atoms with Crippen molar-refractivity contribution in [1.82, 2.24) is 20.1 Å². The number of hydrogen-bond acceptors (Lipinski definition) is 3. The zero-order valence-electron chi connectivity index (χ0n) is 10.9. The Kier molecular flexibility index (Phi) is 3.66. The summed E-state index contributed by atoms with van der Waals surface area (Å²) in [5.41, 5.74) is 1.27. The van der Waals surface area contributed by atoms with Gasteiger partial charge in [-0.1, -0.05) is 28.1 Å². The van der Waals surface area contributed by atoms with Crippen LogP contribution in [-0.2, 0) is 6.54 Å². The highest BCUT2D eigenvalue weighted by Gasteiger charge is 2.22. The fourth-order valence-corrected chi connectivity index (χ4v) is 2.79. The summed E-state index contributed by atoms with van der Waals surface area (Å²) in [6.07, 6.45) is 2.37. The monoisotopic (exact) mass is 320 g/mol. The summed E-state index contributed by atoms with van der Waals surface area (Å²) in [5.74, 6) is 2.05. The van der Waals surface area contributed by atoms with Crippen molar-refractivity contribution in [2.24, 2.45) is 0 Å². The Balaban J connectivity index is 1.87. The van der Waals surface area contributed by atoms with Gasteiger partial charge in [-0.25, -0.2) is 0 Å². The Hall–Kier alpha value is -1.20. The lowest BCUT2D eigenvalue weighted by Crippen LogP contribution is -2.19. The van der Waals surface area contributed by atoms with Crippen molar-refractivity contribution in [2.45, 2.75) is 32.4 Å². The second-order valence-electron chi connectivity index (χ2n) is 4.97. The molecule has 4 nitrogen and oxygen atoms in total. The molecule has 0 spiro atoms. The van der Waals surface area contributed by atoms with Crippen LogP contribution in [0.3, 0.4) is 0 Å². The van der Waals surface area contributed by atoms with Crippen LogP contribution in [0.25, 0.3) is 0 Å². The molecule has 100 valence electrons. The maximum absolute atomic E-state index is 4.35. The number of aryl methyl sites for hydroxylation is 1. The Morgan fingerprint density at radius 2 is 2.11 bits per heavy atom. The summed E-state index contributed by atoms with van der Waals surface area (Å²) in [7, 11) is 0. The number of halogens is 1. The largest absolute Gasteiger partial charge is 0.309 e. The van der Waals surface area contributed by atoms with Gasteiger partial charge in [-0.05, 0) is 44.0 Å². The molecule has 1 unspecified atom stereocenters. The van der Waals surface area contributed by atoms with Crippen LogP contribution in [0.1, 0.15) is 36.1 Å². The number of hydrogen-bond donors (Lipinski definition) is 1. The minimum absolute atomic E-state index is 0.358. The van der Waals surface area contributed by atoms with Crippen LogP contribution in [-0.4, -0.2) is 21.3 Å². The normalized spacial score (nSPS) is 18.9. The van der Waals surface area contributed by atoms with E-state index in [0.29, 0.717) is 6.04 Å². The van der Waals surface area contributed by atoms with Crippen LogP contribution < -0.4 is 5.32 Å². The van der Waals surface area contributed by atoms with E-state index in [9.17, 15) is 0 Å². The van der Waals surface area contributed by atoms with Gasteiger partial charge in [0.25, 0.3) is 0 Å². The van der Waals surface area contributed by atoms with Crippen molar-refractivity contribution in [2.75, 3.05) is 6.54 Å². The highest BCUT2D eigenvalue weighted by atomic mass is 79.9. The lowest BCUT2D eigenvalue weighted by Gasteiger charge is -2.13. The van der Waals surface area contributed by atoms with E-state index in [1.54, 1.807) is 0 Å². The van der Waals surface area contributed by atoms with E-state index in [-0.39, 0.29) is 0 Å². The Morgan fingerprint density at radius 1 is 1.32 bits per heavy atom. The zero-order valence-corrected chi connectivity index (χ0v) is 12.5. The quantitative estimate of drug-likeness (QED) is 0.945. The Bertz CT molecular complexity index is 555. The van der Waals surface area contributed by atoms with Crippen molar-refractivity contribution in [3.05, 3.63) is 46.0 Å². The fraction of sp³-hybridized carbons (Fsp3) is 0.429. The molecule has 1 N–H and O–H groups in total. The standard InChI is InChI=1S/C14H17BrN4/c1-10-17-18-14(13-3-2-8-16-13)19(10)9-11-4-6-12(15)7-5-11/h4-7,13,16H,2-3,8-9H2,1H3. The van der Waals surface area contributed by atoms with E-state index in [1.807, 2.05) is 6.92 Å². The van der Waals surface area contributed by atoms with Crippen molar-refractivity contribution in [3.63, 3.8) is 0 Å². The van der Waals surface area contributed by atoms with Crippen molar-refractivity contribution >= 4 is 15.9 Å². The van der Waals surface area contributed by atoms with Gasteiger partial charge in [0.2, 0.25) is 0 Å². The molecule has 1 saturated heterocycles. The van der Waals surface area contributed by atoms with Crippen LogP contribution in [0, 0.1) is 6.92 Å². The molecule has 2 heterocycles. The van der Waals surface area contributed by atoms with Crippen LogP contribution >= 0.6 is 15.9 Å². The van der Waals surface area contributed by atoms with Crippen molar-refractivity contribution in [3.8, 4) is 0 Å². The SMILES string of the molecule is Cc1nnc(C2CCCN2)n1Cc1ccc(Br)cc1. The second-order valence-corrected chi connectivity index (χ2v) is 5.88. The predicted octanol–water partition coefficient (Wildman–Crippen LogP) is 2.82. The van der Waals surface area contributed by atoms with Gasteiger partial charge in [0.05, 0.1) is 12.6 Å². The Labute approximate surface area is 121 Å². The third kappa shape index (κ3) is 2.72. The first kappa shape index (κ1) is 12.8. The van der Waals surface area contributed by atoms with Gasteiger partial charge in [-0.2, -0.15) is 0 Å². The maximum Gasteiger partial charge on any atom is 0.150 e. The molecule has 3 rings (SSSR count). The van der Waals surface area contributed by atoms with Gasteiger partial charge in [-0.3, -0.25) is 0 Å². The zero-order chi connectivity index (χ0) is 13.2. The second kappa shape index (κ2) is 5.43. The van der Waals surface area contributed by atoms with Gasteiger partial charge < -0.3 is 9.88 Å². The maximum atomic E-state index is 4.35. The summed E-state index contributed by atoms with van der Waals surface area (Å²) in [6.45, 7) is 3.93. The van der Waals surface area contributed by atoms with E-state index in [1.165, 1.54) is 12.0 Å². The van der Waals surface area contributed by atoms with Crippen LogP contribution in [0.5, 0.6) is 0 Å². The fourth-order valence-electron chi connectivity index (χ4n) is 2.53. The molecule has 5 heteroatoms.